The third-order valence-corrected chi connectivity index (χ3v) is 0.940. The SMILES string of the molecule is BO.[Li][c]1ccccc1. The zero-order chi connectivity index (χ0) is 7.11. The Morgan fingerprint density at radius 2 is 1.56 bits per heavy atom. The molecule has 1 aromatic rings. The zero-order valence-corrected chi connectivity index (χ0v) is 5.83. The molecule has 1 aromatic carbocycles. The van der Waals surface area contributed by atoms with Crippen LogP contribution in [0.5, 0.6) is 0 Å². The van der Waals surface area contributed by atoms with Crippen molar-refractivity contribution < 1.29 is 5.02 Å². The molecule has 42 valence electrons. The summed E-state index contributed by atoms with van der Waals surface area (Å²) in [5, 5.41) is 7.00. The molecule has 0 atom stereocenters. The monoisotopic (exact) mass is 114 g/mol. The van der Waals surface area contributed by atoms with Crippen molar-refractivity contribution in [2.75, 3.05) is 0 Å². The minimum absolute atomic E-state index is 1.00. The molecule has 1 N–H and O–H groups in total. The Hall–Kier alpha value is -0.158. The molecule has 0 radical (unpaired) electrons. The van der Waals surface area contributed by atoms with E-state index in [1.54, 1.807) is 0 Å². The van der Waals surface area contributed by atoms with E-state index in [0.29, 0.717) is 0 Å². The molecule has 0 unspecified atom stereocenters. The fourth-order valence-electron chi connectivity index (χ4n) is 0.534. The van der Waals surface area contributed by atoms with Crippen molar-refractivity contribution in [3.8, 4) is 0 Å². The van der Waals surface area contributed by atoms with Gasteiger partial charge in [0.1, 0.15) is 0 Å². The number of benzene rings is 1. The molecule has 1 rings (SSSR count). The first kappa shape index (κ1) is 8.84. The summed E-state index contributed by atoms with van der Waals surface area (Å²) in [6, 6.07) is 10.3. The van der Waals surface area contributed by atoms with Gasteiger partial charge in [-0.1, -0.05) is 0 Å². The molecule has 3 heteroatoms. The Kier molecular flexibility index (Phi) is 5.87. The van der Waals surface area contributed by atoms with E-state index in [9.17, 15) is 0 Å². The van der Waals surface area contributed by atoms with Crippen LogP contribution in [-0.2, 0) is 0 Å². The van der Waals surface area contributed by atoms with Crippen LogP contribution in [0.4, 0.5) is 0 Å². The second-order valence-electron chi connectivity index (χ2n) is 1.65. The van der Waals surface area contributed by atoms with Crippen molar-refractivity contribution in [1.29, 1.82) is 0 Å². The molecule has 0 saturated carbocycles. The van der Waals surface area contributed by atoms with E-state index in [-0.39, 0.29) is 0 Å². The Morgan fingerprint density at radius 1 is 1.11 bits per heavy atom. The summed E-state index contributed by atoms with van der Waals surface area (Å²) >= 11 is 2.08. The standard InChI is InChI=1S/C6H5.BH3O.Li/c1-2-4-6-5-3-1;1-2;/h1-5H;2H,1H2;. The van der Waals surface area contributed by atoms with Gasteiger partial charge in [-0.2, -0.15) is 0 Å². The van der Waals surface area contributed by atoms with Crippen LogP contribution in [0.15, 0.2) is 30.3 Å². The Balaban J connectivity index is 0.000000291. The van der Waals surface area contributed by atoms with Crippen molar-refractivity contribution in [2.24, 2.45) is 0 Å². The third-order valence-electron chi connectivity index (χ3n) is 0.940. The first-order valence-corrected chi connectivity index (χ1v) is 2.86. The number of hydrogen-bond donors (Lipinski definition) is 1. The molecule has 0 amide bonds. The summed E-state index contributed by atoms with van der Waals surface area (Å²) in [6.45, 7) is 0. The molecular weight excluding hydrogens is 106 g/mol. The van der Waals surface area contributed by atoms with Gasteiger partial charge in [0.05, 0.1) is 0 Å². The van der Waals surface area contributed by atoms with E-state index in [0.717, 1.165) is 8.05 Å². The predicted molar refractivity (Wildman–Crippen MR) is 42.6 cm³/mol. The van der Waals surface area contributed by atoms with Crippen molar-refractivity contribution in [2.45, 2.75) is 0 Å². The van der Waals surface area contributed by atoms with Gasteiger partial charge < -0.3 is 5.02 Å². The fraction of sp³-hybridized carbons (Fsp3) is 0. The van der Waals surface area contributed by atoms with Crippen LogP contribution >= 0.6 is 0 Å². The molecule has 0 bridgehead atoms. The van der Waals surface area contributed by atoms with Gasteiger partial charge in [0.2, 0.25) is 0 Å². The van der Waals surface area contributed by atoms with Gasteiger partial charge in [-0.25, -0.2) is 0 Å². The minimum atomic E-state index is 1.00. The maximum absolute atomic E-state index is 7.00. The summed E-state index contributed by atoms with van der Waals surface area (Å²) in [5.74, 6) is 0. The van der Waals surface area contributed by atoms with Crippen LogP contribution in [0.1, 0.15) is 0 Å². The van der Waals surface area contributed by atoms with Crippen LogP contribution in [0.2, 0.25) is 0 Å². The van der Waals surface area contributed by atoms with E-state index in [1.807, 2.05) is 18.2 Å². The van der Waals surface area contributed by atoms with Gasteiger partial charge in [-0.15, -0.1) is 0 Å². The first-order valence-electron chi connectivity index (χ1n) is 2.86. The van der Waals surface area contributed by atoms with Gasteiger partial charge >= 0.3 is 52.3 Å². The van der Waals surface area contributed by atoms with E-state index in [4.69, 9.17) is 5.02 Å². The normalized spacial score (nSPS) is 7.44. The zero-order valence-electron chi connectivity index (χ0n) is 5.83. The van der Waals surface area contributed by atoms with Crippen LogP contribution in [0, 0.1) is 0 Å². The summed E-state index contributed by atoms with van der Waals surface area (Å²) in [6.07, 6.45) is 0. The van der Waals surface area contributed by atoms with Gasteiger partial charge in [-0.3, -0.25) is 0 Å². The molecule has 1 nitrogen and oxygen atoms in total. The molecule has 0 aliphatic heterocycles. The predicted octanol–water partition coefficient (Wildman–Crippen LogP) is -0.993. The van der Waals surface area contributed by atoms with E-state index in [1.165, 1.54) is 4.24 Å². The quantitative estimate of drug-likeness (QED) is 0.429. The van der Waals surface area contributed by atoms with Crippen LogP contribution in [0.25, 0.3) is 0 Å². The molecule has 0 aliphatic carbocycles. The van der Waals surface area contributed by atoms with E-state index < -0.39 is 0 Å². The average Bonchev–Trinajstić information content (AvgIpc) is 1.94. The Labute approximate surface area is 65.7 Å². The van der Waals surface area contributed by atoms with Gasteiger partial charge in [-0.05, 0) is 0 Å². The van der Waals surface area contributed by atoms with E-state index >= 15 is 0 Å². The summed E-state index contributed by atoms with van der Waals surface area (Å²) in [7, 11) is 1.00. The topological polar surface area (TPSA) is 20.2 Å². The van der Waals surface area contributed by atoms with Crippen molar-refractivity contribution in [3.05, 3.63) is 30.3 Å². The average molecular weight is 114 g/mol. The van der Waals surface area contributed by atoms with E-state index in [2.05, 4.69) is 29.8 Å². The molecule has 0 aromatic heterocycles. The Bertz CT molecular complexity index is 143. The second-order valence-corrected chi connectivity index (χ2v) is 1.65. The molecule has 0 saturated heterocycles. The third kappa shape index (κ3) is 4.35. The van der Waals surface area contributed by atoms with Crippen LogP contribution in [0.3, 0.4) is 0 Å². The molecule has 0 spiro atoms. The van der Waals surface area contributed by atoms with Crippen molar-refractivity contribution in [1.82, 2.24) is 0 Å². The van der Waals surface area contributed by atoms with Gasteiger partial charge in [0.25, 0.3) is 8.05 Å². The molecule has 0 aliphatic rings. The Morgan fingerprint density at radius 3 is 1.78 bits per heavy atom. The van der Waals surface area contributed by atoms with Crippen molar-refractivity contribution >= 4 is 30.0 Å². The molecule has 0 heterocycles. The summed E-state index contributed by atoms with van der Waals surface area (Å²) in [5.41, 5.74) is 0. The molecule has 9 heavy (non-hydrogen) atoms. The summed E-state index contributed by atoms with van der Waals surface area (Å²) < 4.78 is 1.32. The maximum atomic E-state index is 7.00. The van der Waals surface area contributed by atoms with Crippen LogP contribution < -0.4 is 4.24 Å². The summed E-state index contributed by atoms with van der Waals surface area (Å²) in [4.78, 5) is 0. The van der Waals surface area contributed by atoms with Gasteiger partial charge in [0, 0.05) is 0 Å². The van der Waals surface area contributed by atoms with Crippen molar-refractivity contribution in [3.63, 3.8) is 0 Å². The van der Waals surface area contributed by atoms with Gasteiger partial charge in [0.15, 0.2) is 0 Å². The van der Waals surface area contributed by atoms with Crippen LogP contribution in [-0.4, -0.2) is 30.8 Å². The fourth-order valence-corrected chi connectivity index (χ4v) is 0.534. The number of hydrogen-bond acceptors (Lipinski definition) is 1. The molecule has 0 fully saturated rings. The molecular formula is C6H8BLiO. The second kappa shape index (κ2) is 5.97. The first-order chi connectivity index (χ1) is 4.39. The number of rotatable bonds is 0.